The van der Waals surface area contributed by atoms with Gasteiger partial charge in [0, 0.05) is 29.5 Å². The van der Waals surface area contributed by atoms with Crippen molar-refractivity contribution in [1.29, 1.82) is 0 Å². The topological polar surface area (TPSA) is 78.5 Å². The Balaban J connectivity index is 1.71. The van der Waals surface area contributed by atoms with Gasteiger partial charge in [-0.15, -0.1) is 0 Å². The summed E-state index contributed by atoms with van der Waals surface area (Å²) in [6.45, 7) is 1.08. The second-order valence-electron chi connectivity index (χ2n) is 5.73. The van der Waals surface area contributed by atoms with Crippen molar-refractivity contribution in [2.75, 3.05) is 23.7 Å². The number of sulfonamides is 1. The quantitative estimate of drug-likeness (QED) is 0.848. The molecule has 0 spiro atoms. The molecule has 1 fully saturated rings. The lowest BCUT2D eigenvalue weighted by Gasteiger charge is -2.16. The minimum Gasteiger partial charge on any atom is -0.308 e. The molecule has 25 heavy (non-hydrogen) atoms. The molecule has 0 saturated carbocycles. The summed E-state index contributed by atoms with van der Waals surface area (Å²) >= 11 is 5.80. The molecule has 132 valence electrons. The molecule has 1 aliphatic rings. The predicted octanol–water partition coefficient (Wildman–Crippen LogP) is 3.77. The molecule has 0 aliphatic carbocycles. The van der Waals surface area contributed by atoms with Gasteiger partial charge in [-0.3, -0.25) is 0 Å². The first kappa shape index (κ1) is 17.7. The number of urea groups is 1. The van der Waals surface area contributed by atoms with Gasteiger partial charge in [0.15, 0.2) is 0 Å². The van der Waals surface area contributed by atoms with Crippen LogP contribution in [0.3, 0.4) is 0 Å². The maximum Gasteiger partial charge on any atom is 0.323 e. The van der Waals surface area contributed by atoms with E-state index in [1.807, 2.05) is 0 Å². The van der Waals surface area contributed by atoms with Crippen LogP contribution in [0.1, 0.15) is 12.8 Å². The summed E-state index contributed by atoms with van der Waals surface area (Å²) in [4.78, 5) is 12.2. The maximum absolute atomic E-state index is 12.6. The zero-order valence-corrected chi connectivity index (χ0v) is 15.0. The molecule has 2 N–H and O–H groups in total. The molecule has 0 radical (unpaired) electrons. The molecule has 2 aromatic rings. The Hall–Kier alpha value is -2.09. The Labute approximate surface area is 151 Å². The summed E-state index contributed by atoms with van der Waals surface area (Å²) in [5.74, 6) is 0. The molecule has 2 aromatic carbocycles. The molecule has 0 atom stereocenters. The van der Waals surface area contributed by atoms with Crippen molar-refractivity contribution in [2.45, 2.75) is 17.7 Å². The number of amides is 2. The van der Waals surface area contributed by atoms with E-state index in [0.717, 1.165) is 12.8 Å². The lowest BCUT2D eigenvalue weighted by molar-refractivity contribution is 0.262. The van der Waals surface area contributed by atoms with Gasteiger partial charge in [-0.1, -0.05) is 17.7 Å². The maximum atomic E-state index is 12.6. The predicted molar refractivity (Wildman–Crippen MR) is 98.5 cm³/mol. The smallest absolute Gasteiger partial charge is 0.308 e. The second-order valence-corrected chi connectivity index (χ2v) is 8.10. The van der Waals surface area contributed by atoms with Gasteiger partial charge in [0.1, 0.15) is 0 Å². The summed E-state index contributed by atoms with van der Waals surface area (Å²) in [7, 11) is -3.51. The third kappa shape index (κ3) is 4.31. The van der Waals surface area contributed by atoms with E-state index in [4.69, 9.17) is 11.6 Å². The van der Waals surface area contributed by atoms with E-state index in [1.165, 1.54) is 16.4 Å². The van der Waals surface area contributed by atoms with Crippen LogP contribution >= 0.6 is 11.6 Å². The number of hydrogen-bond donors (Lipinski definition) is 2. The molecule has 0 bridgehead atoms. The van der Waals surface area contributed by atoms with Crippen molar-refractivity contribution in [1.82, 2.24) is 4.31 Å². The SMILES string of the molecule is O=C(Nc1ccc(Cl)cc1)Nc1cccc(S(=O)(=O)N2CCCC2)c1. The largest absolute Gasteiger partial charge is 0.323 e. The van der Waals surface area contributed by atoms with E-state index < -0.39 is 16.1 Å². The van der Waals surface area contributed by atoms with E-state index in [-0.39, 0.29) is 4.90 Å². The van der Waals surface area contributed by atoms with Crippen LogP contribution in [-0.4, -0.2) is 31.8 Å². The second kappa shape index (κ2) is 7.43. The van der Waals surface area contributed by atoms with E-state index in [1.54, 1.807) is 36.4 Å². The number of hydrogen-bond acceptors (Lipinski definition) is 3. The summed E-state index contributed by atoms with van der Waals surface area (Å²) in [6.07, 6.45) is 1.75. The Morgan fingerprint density at radius 1 is 0.960 bits per heavy atom. The van der Waals surface area contributed by atoms with Gasteiger partial charge in [-0.2, -0.15) is 4.31 Å². The zero-order valence-electron chi connectivity index (χ0n) is 13.4. The summed E-state index contributed by atoms with van der Waals surface area (Å²) in [5, 5.41) is 5.88. The van der Waals surface area contributed by atoms with Crippen LogP contribution in [0.2, 0.25) is 5.02 Å². The summed E-state index contributed by atoms with van der Waals surface area (Å²) in [5.41, 5.74) is 0.995. The van der Waals surface area contributed by atoms with Crippen LogP contribution < -0.4 is 10.6 Å². The number of nitrogens with one attached hydrogen (secondary N) is 2. The average Bonchev–Trinajstić information content (AvgIpc) is 3.12. The highest BCUT2D eigenvalue weighted by Gasteiger charge is 2.27. The monoisotopic (exact) mass is 379 g/mol. The highest BCUT2D eigenvalue weighted by molar-refractivity contribution is 7.89. The minimum absolute atomic E-state index is 0.179. The molecule has 1 heterocycles. The zero-order chi connectivity index (χ0) is 17.9. The van der Waals surface area contributed by atoms with Crippen LogP contribution in [-0.2, 0) is 10.0 Å². The lowest BCUT2D eigenvalue weighted by Crippen LogP contribution is -2.28. The van der Waals surface area contributed by atoms with Crippen LogP contribution in [0.5, 0.6) is 0 Å². The number of halogens is 1. The molecule has 6 nitrogen and oxygen atoms in total. The fraction of sp³-hybridized carbons (Fsp3) is 0.235. The standard InChI is InChI=1S/C17H18ClN3O3S/c18-13-6-8-14(9-7-13)19-17(22)20-15-4-3-5-16(12-15)25(23,24)21-10-1-2-11-21/h3-9,12H,1-2,10-11H2,(H2,19,20,22). The number of anilines is 2. The molecule has 1 aliphatic heterocycles. The van der Waals surface area contributed by atoms with Gasteiger partial charge in [0.05, 0.1) is 4.90 Å². The van der Waals surface area contributed by atoms with Crippen molar-refractivity contribution in [3.8, 4) is 0 Å². The van der Waals surface area contributed by atoms with E-state index in [2.05, 4.69) is 10.6 Å². The highest BCUT2D eigenvalue weighted by Crippen LogP contribution is 2.23. The van der Waals surface area contributed by atoms with Gasteiger partial charge >= 0.3 is 6.03 Å². The fourth-order valence-corrected chi connectivity index (χ4v) is 4.33. The van der Waals surface area contributed by atoms with Crippen molar-refractivity contribution in [3.63, 3.8) is 0 Å². The van der Waals surface area contributed by atoms with Crippen molar-refractivity contribution >= 4 is 39.0 Å². The van der Waals surface area contributed by atoms with Gasteiger partial charge in [-0.25, -0.2) is 13.2 Å². The molecule has 0 aromatic heterocycles. The number of benzene rings is 2. The van der Waals surface area contributed by atoms with Gasteiger partial charge in [0.2, 0.25) is 10.0 Å². The Morgan fingerprint density at radius 2 is 1.60 bits per heavy atom. The van der Waals surface area contributed by atoms with E-state index >= 15 is 0 Å². The molecule has 0 unspecified atom stereocenters. The van der Waals surface area contributed by atoms with Gasteiger partial charge in [0.25, 0.3) is 0 Å². The molecule has 1 saturated heterocycles. The first-order chi connectivity index (χ1) is 11.9. The molecular formula is C17H18ClN3O3S. The van der Waals surface area contributed by atoms with E-state index in [0.29, 0.717) is 29.5 Å². The van der Waals surface area contributed by atoms with Crippen LogP contribution in [0.25, 0.3) is 0 Å². The Bertz CT molecular complexity index is 863. The summed E-state index contributed by atoms with van der Waals surface area (Å²) in [6, 6.07) is 12.5. The minimum atomic E-state index is -3.51. The van der Waals surface area contributed by atoms with Crippen molar-refractivity contribution in [2.24, 2.45) is 0 Å². The summed E-state index contributed by atoms with van der Waals surface area (Å²) < 4.78 is 26.6. The number of rotatable bonds is 4. The normalized spacial score (nSPS) is 15.1. The van der Waals surface area contributed by atoms with Crippen LogP contribution in [0.4, 0.5) is 16.2 Å². The number of nitrogens with zero attached hydrogens (tertiary/aromatic N) is 1. The average molecular weight is 380 g/mol. The van der Waals surface area contributed by atoms with Gasteiger partial charge in [-0.05, 0) is 55.3 Å². The van der Waals surface area contributed by atoms with Gasteiger partial charge < -0.3 is 10.6 Å². The fourth-order valence-electron chi connectivity index (χ4n) is 2.64. The number of carbonyl (C=O) groups excluding carboxylic acids is 1. The third-order valence-electron chi connectivity index (χ3n) is 3.90. The molecule has 3 rings (SSSR count). The first-order valence-corrected chi connectivity index (χ1v) is 9.71. The molecule has 2 amide bonds. The van der Waals surface area contributed by atoms with Crippen LogP contribution in [0, 0.1) is 0 Å². The third-order valence-corrected chi connectivity index (χ3v) is 6.04. The van der Waals surface area contributed by atoms with Crippen LogP contribution in [0.15, 0.2) is 53.4 Å². The van der Waals surface area contributed by atoms with Crippen molar-refractivity contribution < 1.29 is 13.2 Å². The Morgan fingerprint density at radius 3 is 2.28 bits per heavy atom. The molecular weight excluding hydrogens is 362 g/mol. The first-order valence-electron chi connectivity index (χ1n) is 7.89. The Kier molecular flexibility index (Phi) is 5.27. The van der Waals surface area contributed by atoms with E-state index in [9.17, 15) is 13.2 Å². The highest BCUT2D eigenvalue weighted by atomic mass is 35.5. The number of carbonyl (C=O) groups is 1. The van der Waals surface area contributed by atoms with Crippen molar-refractivity contribution in [3.05, 3.63) is 53.6 Å². The molecule has 8 heteroatoms. The lowest BCUT2D eigenvalue weighted by atomic mass is 10.3.